The summed E-state index contributed by atoms with van der Waals surface area (Å²) in [5.74, 6) is -0.472. The van der Waals surface area contributed by atoms with Crippen molar-refractivity contribution < 1.29 is 14.6 Å². The number of hydrogen-bond donors (Lipinski definition) is 1. The second-order valence-corrected chi connectivity index (χ2v) is 3.78. The van der Waals surface area contributed by atoms with Gasteiger partial charge in [0.15, 0.2) is 0 Å². The second kappa shape index (κ2) is 3.17. The van der Waals surface area contributed by atoms with Crippen molar-refractivity contribution in [2.45, 2.75) is 18.9 Å². The number of carboxylic acid groups (broad SMARTS) is 1. The van der Waals surface area contributed by atoms with E-state index in [-0.39, 0.29) is 5.92 Å². The van der Waals surface area contributed by atoms with Crippen molar-refractivity contribution in [2.75, 3.05) is 0 Å². The molecule has 0 saturated carbocycles. The Hall–Kier alpha value is -1.22. The average molecular weight is 213 g/mol. The second-order valence-electron chi connectivity index (χ2n) is 3.35. The van der Waals surface area contributed by atoms with Crippen LogP contribution in [-0.2, 0) is 4.79 Å². The van der Waals surface area contributed by atoms with Crippen molar-refractivity contribution in [3.8, 4) is 5.75 Å². The molecule has 74 valence electrons. The van der Waals surface area contributed by atoms with Gasteiger partial charge in [-0.1, -0.05) is 18.5 Å². The molecule has 0 bridgehead atoms. The van der Waals surface area contributed by atoms with Gasteiger partial charge < -0.3 is 9.84 Å². The van der Waals surface area contributed by atoms with Crippen LogP contribution < -0.4 is 4.74 Å². The van der Waals surface area contributed by atoms with Gasteiger partial charge in [-0.15, -0.1) is 0 Å². The molecule has 14 heavy (non-hydrogen) atoms. The summed E-state index contributed by atoms with van der Waals surface area (Å²) < 4.78 is 5.28. The van der Waals surface area contributed by atoms with E-state index in [9.17, 15) is 4.79 Å². The topological polar surface area (TPSA) is 46.5 Å². The van der Waals surface area contributed by atoms with Crippen LogP contribution in [0.1, 0.15) is 18.4 Å². The quantitative estimate of drug-likeness (QED) is 0.777. The van der Waals surface area contributed by atoms with E-state index in [1.54, 1.807) is 18.2 Å². The highest BCUT2D eigenvalue weighted by Gasteiger charge is 2.36. The van der Waals surface area contributed by atoms with Crippen molar-refractivity contribution >= 4 is 17.6 Å². The van der Waals surface area contributed by atoms with Crippen LogP contribution in [0, 0.1) is 0 Å². The lowest BCUT2D eigenvalue weighted by molar-refractivity contribution is -0.144. The Labute approximate surface area is 86.3 Å². The van der Waals surface area contributed by atoms with Crippen molar-refractivity contribution in [2.24, 2.45) is 0 Å². The Kier molecular flexibility index (Phi) is 2.11. The highest BCUT2D eigenvalue weighted by atomic mass is 35.5. The zero-order valence-electron chi connectivity index (χ0n) is 7.53. The first kappa shape index (κ1) is 9.34. The van der Waals surface area contributed by atoms with Crippen LogP contribution >= 0.6 is 11.6 Å². The van der Waals surface area contributed by atoms with Gasteiger partial charge in [-0.2, -0.15) is 0 Å². The number of fused-ring (bicyclic) bond motifs is 1. The Balaban J connectivity index is 2.41. The molecule has 0 spiro atoms. The van der Waals surface area contributed by atoms with Gasteiger partial charge in [0.25, 0.3) is 0 Å². The molecule has 1 aliphatic rings. The van der Waals surface area contributed by atoms with Gasteiger partial charge in [0, 0.05) is 16.5 Å². The lowest BCUT2D eigenvalue weighted by Gasteiger charge is -2.08. The third-order valence-electron chi connectivity index (χ3n) is 2.41. The molecule has 0 aliphatic carbocycles. The number of aliphatic carboxylic acids is 1. The van der Waals surface area contributed by atoms with Gasteiger partial charge in [0.05, 0.1) is 0 Å². The third kappa shape index (κ3) is 1.34. The smallest absolute Gasteiger partial charge is 0.345 e. The molecule has 2 unspecified atom stereocenters. The Morgan fingerprint density at radius 1 is 1.57 bits per heavy atom. The van der Waals surface area contributed by atoms with Crippen molar-refractivity contribution in [3.05, 3.63) is 28.8 Å². The normalized spacial score (nSPS) is 24.1. The molecule has 1 heterocycles. The minimum atomic E-state index is -0.940. The number of ether oxygens (including phenoxy) is 1. The Morgan fingerprint density at radius 2 is 2.29 bits per heavy atom. The summed E-state index contributed by atoms with van der Waals surface area (Å²) in [7, 11) is 0. The minimum absolute atomic E-state index is 0.152. The van der Waals surface area contributed by atoms with Crippen LogP contribution in [0.2, 0.25) is 5.02 Å². The fourth-order valence-electron chi connectivity index (χ4n) is 1.65. The van der Waals surface area contributed by atoms with Crippen molar-refractivity contribution in [1.82, 2.24) is 0 Å². The molecular weight excluding hydrogens is 204 g/mol. The zero-order valence-corrected chi connectivity index (χ0v) is 8.28. The summed E-state index contributed by atoms with van der Waals surface area (Å²) in [6.07, 6.45) is -0.788. The number of halogens is 1. The maximum Gasteiger partial charge on any atom is 0.345 e. The molecule has 2 atom stereocenters. The first-order chi connectivity index (χ1) is 6.59. The number of rotatable bonds is 1. The number of hydrogen-bond acceptors (Lipinski definition) is 2. The van der Waals surface area contributed by atoms with E-state index in [1.165, 1.54) is 0 Å². The van der Waals surface area contributed by atoms with Crippen LogP contribution in [-0.4, -0.2) is 17.2 Å². The fourth-order valence-corrected chi connectivity index (χ4v) is 1.83. The maximum absolute atomic E-state index is 10.8. The molecule has 2 rings (SSSR count). The molecule has 0 saturated heterocycles. The van der Waals surface area contributed by atoms with Gasteiger partial charge in [-0.25, -0.2) is 4.79 Å². The summed E-state index contributed by atoms with van der Waals surface area (Å²) in [6.45, 7) is 1.82. The summed E-state index contributed by atoms with van der Waals surface area (Å²) in [6, 6.07) is 5.15. The first-order valence-corrected chi connectivity index (χ1v) is 4.66. The van der Waals surface area contributed by atoms with Gasteiger partial charge in [0.1, 0.15) is 5.75 Å². The van der Waals surface area contributed by atoms with Gasteiger partial charge >= 0.3 is 5.97 Å². The van der Waals surface area contributed by atoms with E-state index in [4.69, 9.17) is 21.4 Å². The summed E-state index contributed by atoms with van der Waals surface area (Å²) >= 11 is 5.81. The SMILES string of the molecule is CC1c2cc(Cl)ccc2OC1C(=O)O. The number of carbonyl (C=O) groups is 1. The monoisotopic (exact) mass is 212 g/mol. The van der Waals surface area contributed by atoms with Crippen molar-refractivity contribution in [3.63, 3.8) is 0 Å². The highest BCUT2D eigenvalue weighted by molar-refractivity contribution is 6.30. The van der Waals surface area contributed by atoms with Crippen LogP contribution in [0.15, 0.2) is 18.2 Å². The highest BCUT2D eigenvalue weighted by Crippen LogP contribution is 2.39. The van der Waals surface area contributed by atoms with E-state index in [1.807, 2.05) is 6.92 Å². The molecule has 0 aromatic heterocycles. The molecule has 0 amide bonds. The van der Waals surface area contributed by atoms with E-state index in [0.29, 0.717) is 10.8 Å². The van der Waals surface area contributed by atoms with Crippen LogP contribution in [0.4, 0.5) is 0 Å². The summed E-state index contributed by atoms with van der Waals surface area (Å²) in [4.78, 5) is 10.8. The molecule has 0 fully saturated rings. The molecular formula is C10H9ClO3. The number of carboxylic acids is 1. The average Bonchev–Trinajstić information content (AvgIpc) is 2.44. The first-order valence-electron chi connectivity index (χ1n) is 4.28. The Bertz CT molecular complexity index is 389. The van der Waals surface area contributed by atoms with E-state index >= 15 is 0 Å². The van der Waals surface area contributed by atoms with E-state index in [0.717, 1.165) is 5.56 Å². The standard InChI is InChI=1S/C10H9ClO3/c1-5-7-4-6(11)2-3-8(7)14-9(5)10(12)13/h2-5,9H,1H3,(H,12,13). The van der Waals surface area contributed by atoms with Gasteiger partial charge in [0.2, 0.25) is 6.10 Å². The molecule has 1 aromatic rings. The van der Waals surface area contributed by atoms with E-state index in [2.05, 4.69) is 0 Å². The molecule has 0 radical (unpaired) electrons. The maximum atomic E-state index is 10.8. The summed E-state index contributed by atoms with van der Waals surface area (Å²) in [5.41, 5.74) is 0.866. The fraction of sp³-hybridized carbons (Fsp3) is 0.300. The third-order valence-corrected chi connectivity index (χ3v) is 2.65. The van der Waals surface area contributed by atoms with Crippen LogP contribution in [0.5, 0.6) is 5.75 Å². The minimum Gasteiger partial charge on any atom is -0.478 e. The zero-order chi connectivity index (χ0) is 10.3. The van der Waals surface area contributed by atoms with E-state index < -0.39 is 12.1 Å². The van der Waals surface area contributed by atoms with Crippen molar-refractivity contribution in [1.29, 1.82) is 0 Å². The molecule has 1 aliphatic heterocycles. The lowest BCUT2D eigenvalue weighted by atomic mass is 9.98. The number of benzene rings is 1. The Morgan fingerprint density at radius 3 is 2.93 bits per heavy atom. The predicted molar refractivity (Wildman–Crippen MR) is 51.9 cm³/mol. The van der Waals surface area contributed by atoms with Gasteiger partial charge in [-0.3, -0.25) is 0 Å². The molecule has 1 aromatic carbocycles. The predicted octanol–water partition coefficient (Wildman–Crippen LogP) is 2.29. The summed E-state index contributed by atoms with van der Waals surface area (Å²) in [5, 5.41) is 9.47. The lowest BCUT2D eigenvalue weighted by Crippen LogP contribution is -2.27. The molecule has 1 N–H and O–H groups in total. The van der Waals surface area contributed by atoms with Gasteiger partial charge in [-0.05, 0) is 18.2 Å². The van der Waals surface area contributed by atoms with Crippen LogP contribution in [0.25, 0.3) is 0 Å². The molecule has 3 nitrogen and oxygen atoms in total. The largest absolute Gasteiger partial charge is 0.478 e. The molecule has 4 heteroatoms. The van der Waals surface area contributed by atoms with Crippen LogP contribution in [0.3, 0.4) is 0 Å².